The Hall–Kier alpha value is -4.56. The molecule has 11 heteroatoms. The Balaban J connectivity index is 1.58. The lowest BCUT2D eigenvalue weighted by Gasteiger charge is -2.28. The van der Waals surface area contributed by atoms with Crippen LogP contribution in [0.15, 0.2) is 47.3 Å². The summed E-state index contributed by atoms with van der Waals surface area (Å²) >= 11 is 1.19. The third kappa shape index (κ3) is 5.14. The van der Waals surface area contributed by atoms with Crippen molar-refractivity contribution in [2.45, 2.75) is 58.4 Å². The summed E-state index contributed by atoms with van der Waals surface area (Å²) < 4.78 is 4.40. The van der Waals surface area contributed by atoms with Gasteiger partial charge >= 0.3 is 0 Å². The van der Waals surface area contributed by atoms with Gasteiger partial charge in [-0.15, -0.1) is 21.5 Å². The zero-order valence-corrected chi connectivity index (χ0v) is 24.3. The highest BCUT2D eigenvalue weighted by Gasteiger charge is 2.23. The molecule has 0 saturated carbocycles. The second-order valence-electron chi connectivity index (χ2n) is 10.8. The van der Waals surface area contributed by atoms with Crippen molar-refractivity contribution in [2.24, 2.45) is 0 Å². The van der Waals surface area contributed by atoms with Gasteiger partial charge in [0.05, 0.1) is 15.1 Å². The zero-order valence-electron chi connectivity index (χ0n) is 23.5. The number of nitro groups is 1. The molecule has 0 spiro atoms. The SMILES string of the molecule is Cc1ccccc1-n1c(=O)/c(=C/c2ccc(N3CCCCC3)c([N+](=O)[O-])c2)s/c1=C(/C#N)c1nnc2n1CCCCC2. The van der Waals surface area contributed by atoms with Crippen LogP contribution in [0.3, 0.4) is 0 Å². The van der Waals surface area contributed by atoms with E-state index in [9.17, 15) is 20.2 Å². The Morgan fingerprint density at radius 3 is 2.55 bits per heavy atom. The van der Waals surface area contributed by atoms with Crippen molar-refractivity contribution < 1.29 is 4.92 Å². The largest absolute Gasteiger partial charge is 0.366 e. The Morgan fingerprint density at radius 1 is 1.02 bits per heavy atom. The van der Waals surface area contributed by atoms with Crippen molar-refractivity contribution in [1.29, 1.82) is 5.26 Å². The highest BCUT2D eigenvalue weighted by molar-refractivity contribution is 7.07. The number of thiazole rings is 1. The fraction of sp³-hybridized carbons (Fsp3) is 0.355. The van der Waals surface area contributed by atoms with Gasteiger partial charge in [-0.25, -0.2) is 0 Å². The van der Waals surface area contributed by atoms with Crippen molar-refractivity contribution in [2.75, 3.05) is 18.0 Å². The molecule has 2 aliphatic rings. The monoisotopic (exact) mass is 581 g/mol. The molecular weight excluding hydrogens is 550 g/mol. The minimum absolute atomic E-state index is 0.0251. The molecule has 1 saturated heterocycles. The molecule has 0 atom stereocenters. The van der Waals surface area contributed by atoms with E-state index in [1.54, 1.807) is 16.7 Å². The number of piperidine rings is 1. The topological polar surface area (TPSA) is 123 Å². The Bertz CT molecular complexity index is 1890. The minimum atomic E-state index is -0.356. The molecule has 2 aromatic heterocycles. The highest BCUT2D eigenvalue weighted by atomic mass is 32.1. The summed E-state index contributed by atoms with van der Waals surface area (Å²) in [6.45, 7) is 4.22. The van der Waals surface area contributed by atoms with Crippen LogP contribution < -0.4 is 19.7 Å². The number of aromatic nitrogens is 4. The number of nitriles is 1. The number of nitrogens with zero attached hydrogens (tertiary/aromatic N) is 7. The fourth-order valence-corrected chi connectivity index (χ4v) is 6.97. The molecule has 0 amide bonds. The van der Waals surface area contributed by atoms with Gasteiger partial charge in [0.15, 0.2) is 5.82 Å². The van der Waals surface area contributed by atoms with Crippen LogP contribution >= 0.6 is 11.3 Å². The lowest BCUT2D eigenvalue weighted by Crippen LogP contribution is -2.31. The van der Waals surface area contributed by atoms with E-state index < -0.39 is 0 Å². The zero-order chi connectivity index (χ0) is 29.2. The van der Waals surface area contributed by atoms with Crippen LogP contribution in [-0.4, -0.2) is 37.3 Å². The van der Waals surface area contributed by atoms with Gasteiger partial charge in [-0.05, 0) is 68.4 Å². The standard InChI is InChI=1S/C31H31N7O3S/c1-21-10-5-6-11-24(21)37-30(39)27(19-22-13-14-25(26(18-22)38(40)41)35-15-7-3-8-16-35)42-31(37)23(20-32)29-34-33-28-12-4-2-9-17-36(28)29/h5-6,10-11,13-14,18-19H,2-4,7-9,12,15-17H2,1H3/b27-19-,31-23-. The lowest BCUT2D eigenvalue weighted by atomic mass is 10.1. The van der Waals surface area contributed by atoms with Gasteiger partial charge < -0.3 is 9.47 Å². The van der Waals surface area contributed by atoms with Crippen LogP contribution in [0.2, 0.25) is 0 Å². The third-order valence-corrected chi connectivity index (χ3v) is 9.12. The van der Waals surface area contributed by atoms with E-state index in [1.807, 2.05) is 41.8 Å². The number of anilines is 1. The Labute approximate surface area is 246 Å². The molecule has 4 aromatic rings. The van der Waals surface area contributed by atoms with Crippen LogP contribution in [0, 0.1) is 28.4 Å². The second kappa shape index (κ2) is 11.7. The van der Waals surface area contributed by atoms with E-state index in [2.05, 4.69) is 21.2 Å². The third-order valence-electron chi connectivity index (χ3n) is 8.03. The van der Waals surface area contributed by atoms with Gasteiger partial charge in [-0.3, -0.25) is 19.5 Å². The lowest BCUT2D eigenvalue weighted by molar-refractivity contribution is -0.384. The molecule has 0 bridgehead atoms. The molecule has 214 valence electrons. The number of nitro benzene ring substituents is 1. The first-order valence-corrected chi connectivity index (χ1v) is 15.2. The Kier molecular flexibility index (Phi) is 7.71. The molecule has 4 heterocycles. The number of hydrogen-bond acceptors (Lipinski definition) is 8. The van der Waals surface area contributed by atoms with Crippen molar-refractivity contribution in [3.63, 3.8) is 0 Å². The average molecular weight is 582 g/mol. The van der Waals surface area contributed by atoms with E-state index in [1.165, 1.54) is 17.4 Å². The number of rotatable bonds is 5. The molecule has 0 radical (unpaired) electrons. The quantitative estimate of drug-likeness (QED) is 0.258. The molecule has 42 heavy (non-hydrogen) atoms. The molecule has 2 aromatic carbocycles. The molecule has 10 nitrogen and oxygen atoms in total. The predicted octanol–water partition coefficient (Wildman–Crippen LogP) is 3.98. The van der Waals surface area contributed by atoms with E-state index in [0.717, 1.165) is 76.0 Å². The van der Waals surface area contributed by atoms with Gasteiger partial charge in [0, 0.05) is 32.1 Å². The number of aryl methyl sites for hydroxylation is 2. The van der Waals surface area contributed by atoms with Gasteiger partial charge in [-0.1, -0.05) is 30.7 Å². The summed E-state index contributed by atoms with van der Waals surface area (Å²) in [4.78, 5) is 27.8. The van der Waals surface area contributed by atoms with Crippen molar-refractivity contribution in [1.82, 2.24) is 19.3 Å². The summed E-state index contributed by atoms with van der Waals surface area (Å²) in [5.74, 6) is 1.32. The van der Waals surface area contributed by atoms with Crippen molar-refractivity contribution in [3.05, 3.63) is 94.9 Å². The molecule has 0 unspecified atom stereocenters. The first kappa shape index (κ1) is 27.6. The molecule has 6 rings (SSSR count). The maximum Gasteiger partial charge on any atom is 0.293 e. The summed E-state index contributed by atoms with van der Waals surface area (Å²) in [6, 6.07) is 15.0. The van der Waals surface area contributed by atoms with Crippen LogP contribution in [-0.2, 0) is 13.0 Å². The van der Waals surface area contributed by atoms with E-state index in [4.69, 9.17) is 0 Å². The predicted molar refractivity (Wildman–Crippen MR) is 162 cm³/mol. The van der Waals surface area contributed by atoms with Crippen LogP contribution in [0.25, 0.3) is 17.3 Å². The molecular formula is C31H31N7O3S. The molecule has 1 fully saturated rings. The van der Waals surface area contributed by atoms with Crippen LogP contribution in [0.4, 0.5) is 11.4 Å². The number of benzene rings is 2. The number of para-hydroxylation sites is 1. The van der Waals surface area contributed by atoms with Gasteiger partial charge in [0.2, 0.25) is 0 Å². The van der Waals surface area contributed by atoms with E-state index in [-0.39, 0.29) is 21.7 Å². The van der Waals surface area contributed by atoms with Crippen molar-refractivity contribution in [3.8, 4) is 11.8 Å². The van der Waals surface area contributed by atoms with E-state index in [0.29, 0.717) is 32.0 Å². The maximum atomic E-state index is 14.0. The van der Waals surface area contributed by atoms with Gasteiger partial charge in [-0.2, -0.15) is 5.26 Å². The maximum absolute atomic E-state index is 14.0. The van der Waals surface area contributed by atoms with E-state index >= 15 is 0 Å². The highest BCUT2D eigenvalue weighted by Crippen LogP contribution is 2.31. The molecule has 0 aliphatic carbocycles. The summed E-state index contributed by atoms with van der Waals surface area (Å²) in [5, 5.41) is 31.3. The fourth-order valence-electron chi connectivity index (χ4n) is 5.88. The van der Waals surface area contributed by atoms with Crippen LogP contribution in [0.5, 0.6) is 0 Å². The Morgan fingerprint density at radius 2 is 1.79 bits per heavy atom. The van der Waals surface area contributed by atoms with Crippen LogP contribution in [0.1, 0.15) is 61.3 Å². The first-order chi connectivity index (χ1) is 20.5. The summed E-state index contributed by atoms with van der Waals surface area (Å²) in [5.41, 5.74) is 2.72. The molecule has 2 aliphatic heterocycles. The first-order valence-electron chi connectivity index (χ1n) is 14.4. The number of hydrogen-bond donors (Lipinski definition) is 0. The summed E-state index contributed by atoms with van der Waals surface area (Å²) in [6.07, 6.45) is 8.70. The van der Waals surface area contributed by atoms with Gasteiger partial charge in [0.1, 0.15) is 27.8 Å². The average Bonchev–Trinajstić information content (AvgIpc) is 3.44. The summed E-state index contributed by atoms with van der Waals surface area (Å²) in [7, 11) is 0. The normalized spacial score (nSPS) is 16.5. The number of fused-ring (bicyclic) bond motifs is 1. The second-order valence-corrected chi connectivity index (χ2v) is 11.8. The molecule has 0 N–H and O–H groups in total. The minimum Gasteiger partial charge on any atom is -0.366 e. The van der Waals surface area contributed by atoms with Crippen molar-refractivity contribution >= 4 is 34.4 Å². The smallest absolute Gasteiger partial charge is 0.293 e. The van der Waals surface area contributed by atoms with Gasteiger partial charge in [0.25, 0.3) is 11.2 Å².